The highest BCUT2D eigenvalue weighted by Crippen LogP contribution is 1.91. The minimum atomic E-state index is -1.27. The minimum absolute atomic E-state index is 0.211. The molecule has 0 aliphatic carbocycles. The molecule has 0 aromatic carbocycles. The highest BCUT2D eigenvalue weighted by atomic mass is 16.5. The third kappa shape index (κ3) is 12.0. The monoisotopic (exact) mass is 229 g/mol. The molecular formula is C10H15NO5. The number of hydrogen-bond donors (Lipinski definition) is 1. The molecule has 0 bridgehead atoms. The number of nitrogens with zero attached hydrogens (tertiary/aromatic N) is 1. The van der Waals surface area contributed by atoms with Gasteiger partial charge in [0.1, 0.15) is 12.3 Å². The van der Waals surface area contributed by atoms with Gasteiger partial charge in [0.25, 0.3) is 0 Å². The van der Waals surface area contributed by atoms with Crippen molar-refractivity contribution in [2.24, 2.45) is 0 Å². The van der Waals surface area contributed by atoms with Gasteiger partial charge in [-0.1, -0.05) is 0 Å². The Morgan fingerprint density at radius 3 is 2.12 bits per heavy atom. The molecule has 0 aliphatic rings. The van der Waals surface area contributed by atoms with E-state index in [4.69, 9.17) is 10.4 Å². The van der Waals surface area contributed by atoms with Gasteiger partial charge in [0.05, 0.1) is 13.2 Å². The van der Waals surface area contributed by atoms with Crippen molar-refractivity contribution in [2.45, 2.75) is 20.8 Å². The Bertz CT molecular complexity index is 290. The smallest absolute Gasteiger partial charge is 0.349 e. The Kier molecular flexibility index (Phi) is 11.3. The van der Waals surface area contributed by atoms with E-state index in [1.54, 1.807) is 13.8 Å². The summed E-state index contributed by atoms with van der Waals surface area (Å²) in [5.41, 5.74) is -0.387. The molecule has 0 spiro atoms. The standard InChI is InChI=1S/C6H7NO3.C4H8O2/c1-2-10-4-5(3-7)6(8)9;1-3-6-4(2)5/h4H,2H2,1H3,(H,8,9);3H2,1-2H3. The van der Waals surface area contributed by atoms with Crippen molar-refractivity contribution in [3.63, 3.8) is 0 Å². The summed E-state index contributed by atoms with van der Waals surface area (Å²) in [7, 11) is 0. The van der Waals surface area contributed by atoms with E-state index in [1.165, 1.54) is 13.0 Å². The van der Waals surface area contributed by atoms with Crippen LogP contribution in [0.15, 0.2) is 11.8 Å². The average Bonchev–Trinajstić information content (AvgIpc) is 2.19. The van der Waals surface area contributed by atoms with Crippen LogP contribution >= 0.6 is 0 Å². The second-order valence-electron chi connectivity index (χ2n) is 2.33. The maximum absolute atomic E-state index is 10.1. The van der Waals surface area contributed by atoms with E-state index in [9.17, 15) is 9.59 Å². The number of ether oxygens (including phenoxy) is 2. The number of carbonyl (C=O) groups is 2. The van der Waals surface area contributed by atoms with E-state index >= 15 is 0 Å². The van der Waals surface area contributed by atoms with Crippen LogP contribution in [0.3, 0.4) is 0 Å². The van der Waals surface area contributed by atoms with Gasteiger partial charge in [-0.3, -0.25) is 4.79 Å². The van der Waals surface area contributed by atoms with E-state index in [-0.39, 0.29) is 11.5 Å². The Hall–Kier alpha value is -2.03. The summed E-state index contributed by atoms with van der Waals surface area (Å²) in [6.45, 7) is 5.71. The number of nitriles is 1. The summed E-state index contributed by atoms with van der Waals surface area (Å²) in [5.74, 6) is -1.48. The first-order valence-electron chi connectivity index (χ1n) is 4.58. The first kappa shape index (κ1) is 16.4. The zero-order valence-electron chi connectivity index (χ0n) is 9.52. The topological polar surface area (TPSA) is 96.6 Å². The van der Waals surface area contributed by atoms with Crippen molar-refractivity contribution in [2.75, 3.05) is 13.2 Å². The molecule has 0 atom stereocenters. The summed E-state index contributed by atoms with van der Waals surface area (Å²) in [5, 5.41) is 16.4. The first-order valence-corrected chi connectivity index (χ1v) is 4.58. The molecule has 0 unspecified atom stereocenters. The van der Waals surface area contributed by atoms with Crippen LogP contribution in [-0.2, 0) is 19.1 Å². The number of carboxylic acids is 1. The molecule has 1 N–H and O–H groups in total. The quantitative estimate of drug-likeness (QED) is 0.335. The Balaban J connectivity index is 0. The molecule has 0 aromatic heterocycles. The number of carbonyl (C=O) groups excluding carboxylic acids is 1. The van der Waals surface area contributed by atoms with Gasteiger partial charge in [-0.2, -0.15) is 5.26 Å². The van der Waals surface area contributed by atoms with E-state index in [1.807, 2.05) is 0 Å². The molecule has 0 aliphatic heterocycles. The molecule has 6 nitrogen and oxygen atoms in total. The molecule has 0 heterocycles. The Morgan fingerprint density at radius 1 is 1.38 bits per heavy atom. The lowest BCUT2D eigenvalue weighted by atomic mass is 10.3. The molecule has 90 valence electrons. The molecule has 0 fully saturated rings. The van der Waals surface area contributed by atoms with Gasteiger partial charge in [-0.05, 0) is 13.8 Å². The maximum atomic E-state index is 10.1. The van der Waals surface area contributed by atoms with Crippen molar-refractivity contribution >= 4 is 11.9 Å². The van der Waals surface area contributed by atoms with Crippen molar-refractivity contribution in [1.82, 2.24) is 0 Å². The van der Waals surface area contributed by atoms with Crippen molar-refractivity contribution in [3.8, 4) is 6.07 Å². The van der Waals surface area contributed by atoms with Crippen molar-refractivity contribution in [3.05, 3.63) is 11.8 Å². The van der Waals surface area contributed by atoms with Gasteiger partial charge >= 0.3 is 11.9 Å². The minimum Gasteiger partial charge on any atom is -0.500 e. The third-order valence-corrected chi connectivity index (χ3v) is 1.07. The lowest BCUT2D eigenvalue weighted by Gasteiger charge is -1.91. The van der Waals surface area contributed by atoms with Crippen LogP contribution in [0.5, 0.6) is 0 Å². The van der Waals surface area contributed by atoms with E-state index in [0.29, 0.717) is 13.2 Å². The van der Waals surface area contributed by atoms with Gasteiger partial charge in [0.15, 0.2) is 5.57 Å². The second kappa shape index (κ2) is 11.0. The first-order chi connectivity index (χ1) is 7.49. The zero-order chi connectivity index (χ0) is 13.0. The Labute approximate surface area is 94.1 Å². The number of rotatable bonds is 4. The fourth-order valence-electron chi connectivity index (χ4n) is 0.495. The molecule has 0 saturated heterocycles. The molecule has 0 radical (unpaired) electrons. The lowest BCUT2D eigenvalue weighted by molar-refractivity contribution is -0.140. The van der Waals surface area contributed by atoms with Crippen LogP contribution in [0.1, 0.15) is 20.8 Å². The molecule has 6 heteroatoms. The molecule has 16 heavy (non-hydrogen) atoms. The largest absolute Gasteiger partial charge is 0.500 e. The van der Waals surface area contributed by atoms with Gasteiger partial charge in [-0.15, -0.1) is 0 Å². The van der Waals surface area contributed by atoms with Crippen LogP contribution in [0.4, 0.5) is 0 Å². The molecular weight excluding hydrogens is 214 g/mol. The van der Waals surface area contributed by atoms with Crippen molar-refractivity contribution < 1.29 is 24.2 Å². The summed E-state index contributed by atoms with van der Waals surface area (Å²) in [6.07, 6.45) is 0.933. The molecule has 0 rings (SSSR count). The fraction of sp³-hybridized carbons (Fsp3) is 0.500. The molecule has 0 aromatic rings. The summed E-state index contributed by atoms with van der Waals surface area (Å²) in [6, 6.07) is 1.47. The number of carboxylic acid groups (broad SMARTS) is 1. The predicted molar refractivity (Wildman–Crippen MR) is 55.3 cm³/mol. The lowest BCUT2D eigenvalue weighted by Crippen LogP contribution is -1.98. The maximum Gasteiger partial charge on any atom is 0.349 e. The van der Waals surface area contributed by atoms with Gasteiger partial charge in [0, 0.05) is 6.92 Å². The summed E-state index contributed by atoms with van der Waals surface area (Å²) >= 11 is 0. The van der Waals surface area contributed by atoms with Crippen LogP contribution in [0.25, 0.3) is 0 Å². The SMILES string of the molecule is CCOC(C)=O.CCOC=C(C#N)C(=O)O. The second-order valence-corrected chi connectivity index (χ2v) is 2.33. The number of aliphatic carboxylic acids is 1. The normalized spacial score (nSPS) is 9.25. The highest BCUT2D eigenvalue weighted by molar-refractivity contribution is 5.90. The van der Waals surface area contributed by atoms with Crippen LogP contribution < -0.4 is 0 Å². The van der Waals surface area contributed by atoms with Crippen LogP contribution in [-0.4, -0.2) is 30.3 Å². The van der Waals surface area contributed by atoms with E-state index in [2.05, 4.69) is 9.47 Å². The Morgan fingerprint density at radius 2 is 1.94 bits per heavy atom. The van der Waals surface area contributed by atoms with Crippen LogP contribution in [0.2, 0.25) is 0 Å². The van der Waals surface area contributed by atoms with Crippen LogP contribution in [0, 0.1) is 11.3 Å². The van der Waals surface area contributed by atoms with Gasteiger partial charge < -0.3 is 14.6 Å². The zero-order valence-corrected chi connectivity index (χ0v) is 9.52. The van der Waals surface area contributed by atoms with E-state index in [0.717, 1.165) is 6.26 Å². The molecule has 0 saturated carbocycles. The van der Waals surface area contributed by atoms with Crippen molar-refractivity contribution in [1.29, 1.82) is 5.26 Å². The van der Waals surface area contributed by atoms with E-state index < -0.39 is 5.97 Å². The van der Waals surface area contributed by atoms with Gasteiger partial charge in [0.2, 0.25) is 0 Å². The number of esters is 1. The highest BCUT2D eigenvalue weighted by Gasteiger charge is 2.04. The fourth-order valence-corrected chi connectivity index (χ4v) is 0.495. The average molecular weight is 229 g/mol. The number of hydrogen-bond acceptors (Lipinski definition) is 5. The summed E-state index contributed by atoms with van der Waals surface area (Å²) < 4.78 is 8.99. The summed E-state index contributed by atoms with van der Waals surface area (Å²) in [4.78, 5) is 19.9. The predicted octanol–water partition coefficient (Wildman–Crippen LogP) is 1.08. The van der Waals surface area contributed by atoms with Gasteiger partial charge in [-0.25, -0.2) is 4.79 Å². The third-order valence-electron chi connectivity index (χ3n) is 1.07. The molecule has 0 amide bonds.